The molecule has 0 aromatic rings. The van der Waals surface area contributed by atoms with Gasteiger partial charge < -0.3 is 5.73 Å². The van der Waals surface area contributed by atoms with E-state index in [9.17, 15) is 8.42 Å². The summed E-state index contributed by atoms with van der Waals surface area (Å²) in [5.41, 5.74) is 5.28. The van der Waals surface area contributed by atoms with Crippen LogP contribution in [-0.4, -0.2) is 37.1 Å². The average Bonchev–Trinajstić information content (AvgIpc) is 1.82. The zero-order chi connectivity index (χ0) is 9.94. The summed E-state index contributed by atoms with van der Waals surface area (Å²) in [6, 6.07) is -0.169. The van der Waals surface area contributed by atoms with Crippen molar-refractivity contribution in [1.29, 1.82) is 0 Å². The molecule has 0 heterocycles. The predicted molar refractivity (Wildman–Crippen MR) is 53.5 cm³/mol. The SMILES string of the molecule is CC(CC(N)=S)N(C)S(C)(=O)=O. The molecule has 6 heteroatoms. The van der Waals surface area contributed by atoms with Crippen LogP contribution in [-0.2, 0) is 10.0 Å². The second-order valence-corrected chi connectivity index (χ2v) is 5.37. The van der Waals surface area contributed by atoms with Crippen molar-refractivity contribution in [3.63, 3.8) is 0 Å². The van der Waals surface area contributed by atoms with E-state index < -0.39 is 10.0 Å². The minimum absolute atomic E-state index is 0.169. The maximum absolute atomic E-state index is 11.0. The van der Waals surface area contributed by atoms with Crippen molar-refractivity contribution in [2.75, 3.05) is 13.3 Å². The Balaban J connectivity index is 4.30. The van der Waals surface area contributed by atoms with Crippen LogP contribution >= 0.6 is 12.2 Å². The molecule has 0 aromatic carbocycles. The monoisotopic (exact) mass is 210 g/mol. The molecule has 0 aliphatic carbocycles. The predicted octanol–water partition coefficient (Wildman–Crippen LogP) is -0.0575. The maximum atomic E-state index is 11.0. The van der Waals surface area contributed by atoms with E-state index in [1.807, 2.05) is 0 Å². The number of nitrogens with zero attached hydrogens (tertiary/aromatic N) is 1. The fourth-order valence-electron chi connectivity index (χ4n) is 0.747. The molecule has 0 rings (SSSR count). The molecule has 72 valence electrons. The molecule has 0 spiro atoms. The number of hydrogen-bond acceptors (Lipinski definition) is 3. The number of hydrogen-bond donors (Lipinski definition) is 1. The van der Waals surface area contributed by atoms with Gasteiger partial charge in [0.2, 0.25) is 10.0 Å². The van der Waals surface area contributed by atoms with Gasteiger partial charge in [0.15, 0.2) is 0 Å². The molecule has 4 nitrogen and oxygen atoms in total. The van der Waals surface area contributed by atoms with Crippen molar-refractivity contribution < 1.29 is 8.42 Å². The van der Waals surface area contributed by atoms with Crippen molar-refractivity contribution in [2.24, 2.45) is 5.73 Å². The first-order valence-electron chi connectivity index (χ1n) is 3.46. The normalized spacial score (nSPS) is 14.7. The second kappa shape index (κ2) is 4.15. The van der Waals surface area contributed by atoms with Gasteiger partial charge >= 0.3 is 0 Å². The van der Waals surface area contributed by atoms with Gasteiger partial charge in [-0.1, -0.05) is 12.2 Å². The van der Waals surface area contributed by atoms with Crippen molar-refractivity contribution in [2.45, 2.75) is 19.4 Å². The van der Waals surface area contributed by atoms with Crippen molar-refractivity contribution in [3.05, 3.63) is 0 Å². The molecule has 0 aliphatic rings. The Morgan fingerprint density at radius 2 is 2.08 bits per heavy atom. The van der Waals surface area contributed by atoms with E-state index in [1.54, 1.807) is 6.92 Å². The van der Waals surface area contributed by atoms with Crippen LogP contribution in [0.5, 0.6) is 0 Å². The van der Waals surface area contributed by atoms with Crippen LogP contribution < -0.4 is 5.73 Å². The quantitative estimate of drug-likeness (QED) is 0.660. The smallest absolute Gasteiger partial charge is 0.211 e. The van der Waals surface area contributed by atoms with Gasteiger partial charge in [-0.25, -0.2) is 12.7 Å². The highest BCUT2D eigenvalue weighted by Crippen LogP contribution is 2.05. The number of nitrogens with two attached hydrogens (primary N) is 1. The number of thiocarbonyl (C=S) groups is 1. The van der Waals surface area contributed by atoms with Gasteiger partial charge in [-0.3, -0.25) is 0 Å². The van der Waals surface area contributed by atoms with Crippen molar-refractivity contribution >= 4 is 27.2 Å². The molecule has 1 atom stereocenters. The lowest BCUT2D eigenvalue weighted by molar-refractivity contribution is 0.400. The highest BCUT2D eigenvalue weighted by Gasteiger charge is 2.18. The summed E-state index contributed by atoms with van der Waals surface area (Å²) in [6.07, 6.45) is 1.57. The Morgan fingerprint density at radius 1 is 1.67 bits per heavy atom. The summed E-state index contributed by atoms with van der Waals surface area (Å²) in [4.78, 5) is 0.331. The summed E-state index contributed by atoms with van der Waals surface area (Å²) in [7, 11) is -1.62. The van der Waals surface area contributed by atoms with Crippen molar-refractivity contribution in [1.82, 2.24) is 4.31 Å². The van der Waals surface area contributed by atoms with Gasteiger partial charge in [-0.15, -0.1) is 0 Å². The molecule has 12 heavy (non-hydrogen) atoms. The Bertz CT molecular complexity index is 261. The summed E-state index contributed by atoms with van der Waals surface area (Å²) in [6.45, 7) is 1.76. The molecular formula is C6H14N2O2S2. The van der Waals surface area contributed by atoms with Crippen LogP contribution in [0.25, 0.3) is 0 Å². The molecule has 0 saturated carbocycles. The highest BCUT2D eigenvalue weighted by molar-refractivity contribution is 7.88. The third-order valence-corrected chi connectivity index (χ3v) is 3.21. The zero-order valence-corrected chi connectivity index (χ0v) is 9.08. The summed E-state index contributed by atoms with van der Waals surface area (Å²) in [5.74, 6) is 0. The van der Waals surface area contributed by atoms with Gasteiger partial charge in [-0.2, -0.15) is 0 Å². The Morgan fingerprint density at radius 3 is 2.33 bits per heavy atom. The standard InChI is InChI=1S/C6H14N2O2S2/c1-5(4-6(7)11)8(2)12(3,9)10/h5H,4H2,1-3H3,(H2,7,11). The average molecular weight is 210 g/mol. The molecule has 0 bridgehead atoms. The number of sulfonamides is 1. The Kier molecular flexibility index (Phi) is 4.09. The molecule has 2 N–H and O–H groups in total. The van der Waals surface area contributed by atoms with E-state index in [-0.39, 0.29) is 6.04 Å². The highest BCUT2D eigenvalue weighted by atomic mass is 32.2. The van der Waals surface area contributed by atoms with Crippen LogP contribution in [0.3, 0.4) is 0 Å². The second-order valence-electron chi connectivity index (χ2n) is 2.80. The largest absolute Gasteiger partial charge is 0.393 e. The first-order chi connectivity index (χ1) is 5.25. The van der Waals surface area contributed by atoms with E-state index >= 15 is 0 Å². The van der Waals surface area contributed by atoms with Gasteiger partial charge in [0.25, 0.3) is 0 Å². The third-order valence-electron chi connectivity index (χ3n) is 1.64. The fourth-order valence-corrected chi connectivity index (χ4v) is 1.72. The lowest BCUT2D eigenvalue weighted by atomic mass is 10.2. The minimum Gasteiger partial charge on any atom is -0.393 e. The number of rotatable bonds is 4. The van der Waals surface area contributed by atoms with Crippen LogP contribution in [0.4, 0.5) is 0 Å². The molecule has 0 aliphatic heterocycles. The minimum atomic E-state index is -3.13. The van der Waals surface area contributed by atoms with E-state index in [1.165, 1.54) is 11.4 Å². The zero-order valence-electron chi connectivity index (χ0n) is 7.44. The van der Waals surface area contributed by atoms with E-state index in [2.05, 4.69) is 12.2 Å². The lowest BCUT2D eigenvalue weighted by Gasteiger charge is -2.21. The maximum Gasteiger partial charge on any atom is 0.211 e. The Hall–Kier alpha value is -0.200. The topological polar surface area (TPSA) is 63.4 Å². The van der Waals surface area contributed by atoms with Crippen LogP contribution in [0.15, 0.2) is 0 Å². The Labute approximate surface area is 78.8 Å². The first-order valence-corrected chi connectivity index (χ1v) is 5.72. The van der Waals surface area contributed by atoms with Crippen LogP contribution in [0.1, 0.15) is 13.3 Å². The molecule has 0 radical (unpaired) electrons. The molecule has 0 amide bonds. The van der Waals surface area contributed by atoms with Gasteiger partial charge in [-0.05, 0) is 6.92 Å². The summed E-state index contributed by atoms with van der Waals surface area (Å²) < 4.78 is 23.2. The van der Waals surface area contributed by atoms with Crippen molar-refractivity contribution in [3.8, 4) is 0 Å². The van der Waals surface area contributed by atoms with Crippen LogP contribution in [0.2, 0.25) is 0 Å². The summed E-state index contributed by atoms with van der Waals surface area (Å²) >= 11 is 4.67. The van der Waals surface area contributed by atoms with E-state index in [0.717, 1.165) is 6.26 Å². The third kappa shape index (κ3) is 3.99. The van der Waals surface area contributed by atoms with E-state index in [4.69, 9.17) is 5.73 Å². The first kappa shape index (κ1) is 11.8. The van der Waals surface area contributed by atoms with Gasteiger partial charge in [0.1, 0.15) is 0 Å². The molecule has 0 aromatic heterocycles. The lowest BCUT2D eigenvalue weighted by Crippen LogP contribution is -2.36. The van der Waals surface area contributed by atoms with E-state index in [0.29, 0.717) is 11.4 Å². The molecule has 1 unspecified atom stereocenters. The van der Waals surface area contributed by atoms with Gasteiger partial charge in [0, 0.05) is 19.5 Å². The summed E-state index contributed by atoms with van der Waals surface area (Å²) in [5, 5.41) is 0. The van der Waals surface area contributed by atoms with Gasteiger partial charge in [0.05, 0.1) is 11.2 Å². The van der Waals surface area contributed by atoms with Crippen LogP contribution in [0, 0.1) is 0 Å². The molecule has 0 fully saturated rings. The molecule has 0 saturated heterocycles. The fraction of sp³-hybridized carbons (Fsp3) is 0.833. The molecular weight excluding hydrogens is 196 g/mol.